The van der Waals surface area contributed by atoms with Gasteiger partial charge in [0.1, 0.15) is 5.82 Å². The lowest BCUT2D eigenvalue weighted by Crippen LogP contribution is -2.44. The number of nitrogens with zero attached hydrogens (tertiary/aromatic N) is 2. The largest absolute Gasteiger partial charge is 0.476 e. The van der Waals surface area contributed by atoms with Gasteiger partial charge in [-0.25, -0.2) is 14.8 Å². The number of hydrogen-bond donors (Lipinski definition) is 3. The van der Waals surface area contributed by atoms with Crippen LogP contribution in [-0.4, -0.2) is 39.0 Å². The van der Waals surface area contributed by atoms with E-state index in [9.17, 15) is 9.59 Å². The fourth-order valence-corrected chi connectivity index (χ4v) is 1.80. The first kappa shape index (κ1) is 12.3. The molecule has 0 saturated carbocycles. The first-order valence-corrected chi connectivity index (χ1v) is 5.59. The molecule has 0 radical (unpaired) electrons. The van der Waals surface area contributed by atoms with Crippen LogP contribution >= 0.6 is 0 Å². The van der Waals surface area contributed by atoms with Crippen molar-refractivity contribution in [1.82, 2.24) is 15.3 Å². The maximum atomic E-state index is 11.2. The van der Waals surface area contributed by atoms with E-state index in [1.807, 2.05) is 6.92 Å². The number of aromatic carboxylic acids is 1. The van der Waals surface area contributed by atoms with Crippen LogP contribution in [0.15, 0.2) is 12.4 Å². The van der Waals surface area contributed by atoms with Gasteiger partial charge in [0.05, 0.1) is 17.9 Å². The minimum atomic E-state index is -1.11. The normalized spacial score (nSPS) is 22.6. The van der Waals surface area contributed by atoms with Gasteiger partial charge < -0.3 is 15.7 Å². The minimum Gasteiger partial charge on any atom is -0.476 e. The molecule has 0 aromatic carbocycles. The second-order valence-corrected chi connectivity index (χ2v) is 4.55. The molecule has 96 valence electrons. The van der Waals surface area contributed by atoms with E-state index in [1.54, 1.807) is 0 Å². The SMILES string of the molecule is CC1(CNc2cnc(C(=O)O)cn2)CCC(=O)N1. The molecule has 2 rings (SSSR count). The average Bonchev–Trinajstić information content (AvgIpc) is 2.68. The summed E-state index contributed by atoms with van der Waals surface area (Å²) in [6.45, 7) is 2.48. The molecule has 7 nitrogen and oxygen atoms in total. The van der Waals surface area contributed by atoms with Crippen molar-refractivity contribution in [3.8, 4) is 0 Å². The van der Waals surface area contributed by atoms with E-state index in [2.05, 4.69) is 20.6 Å². The zero-order valence-corrected chi connectivity index (χ0v) is 9.93. The number of carbonyl (C=O) groups is 2. The van der Waals surface area contributed by atoms with Gasteiger partial charge in [-0.2, -0.15) is 0 Å². The lowest BCUT2D eigenvalue weighted by Gasteiger charge is -2.24. The predicted octanol–water partition coefficient (Wildman–Crippen LogP) is 0.255. The van der Waals surface area contributed by atoms with Crippen molar-refractivity contribution in [2.24, 2.45) is 0 Å². The van der Waals surface area contributed by atoms with Crippen LogP contribution in [-0.2, 0) is 4.79 Å². The van der Waals surface area contributed by atoms with Gasteiger partial charge in [0.15, 0.2) is 5.69 Å². The van der Waals surface area contributed by atoms with Gasteiger partial charge in [0.25, 0.3) is 0 Å². The van der Waals surface area contributed by atoms with Crippen molar-refractivity contribution in [3.63, 3.8) is 0 Å². The molecular formula is C11H14N4O3. The molecule has 1 aliphatic heterocycles. The number of carboxylic acids is 1. The Bertz CT molecular complexity index is 474. The lowest BCUT2D eigenvalue weighted by molar-refractivity contribution is -0.119. The van der Waals surface area contributed by atoms with Gasteiger partial charge >= 0.3 is 5.97 Å². The molecular weight excluding hydrogens is 236 g/mol. The summed E-state index contributed by atoms with van der Waals surface area (Å²) in [6.07, 6.45) is 3.85. The van der Waals surface area contributed by atoms with Gasteiger partial charge in [-0.1, -0.05) is 0 Å². The second-order valence-electron chi connectivity index (χ2n) is 4.55. The zero-order chi connectivity index (χ0) is 13.2. The van der Waals surface area contributed by atoms with Crippen LogP contribution in [0.5, 0.6) is 0 Å². The number of nitrogens with one attached hydrogen (secondary N) is 2. The smallest absolute Gasteiger partial charge is 0.356 e. The van der Waals surface area contributed by atoms with Gasteiger partial charge in [-0.3, -0.25) is 4.79 Å². The summed E-state index contributed by atoms with van der Waals surface area (Å²) in [6, 6.07) is 0. The first-order chi connectivity index (χ1) is 8.48. The number of carbonyl (C=O) groups excluding carboxylic acids is 1. The molecule has 1 amide bonds. The van der Waals surface area contributed by atoms with Gasteiger partial charge in [-0.15, -0.1) is 0 Å². The van der Waals surface area contributed by atoms with Crippen LogP contribution in [0.4, 0.5) is 5.82 Å². The zero-order valence-electron chi connectivity index (χ0n) is 9.93. The Morgan fingerprint density at radius 3 is 2.83 bits per heavy atom. The number of amides is 1. The Morgan fingerprint density at radius 2 is 2.33 bits per heavy atom. The fourth-order valence-electron chi connectivity index (χ4n) is 1.80. The molecule has 1 aliphatic rings. The Kier molecular flexibility index (Phi) is 3.14. The third kappa shape index (κ3) is 2.73. The van der Waals surface area contributed by atoms with Crippen LogP contribution in [0.25, 0.3) is 0 Å². The third-order valence-electron chi connectivity index (χ3n) is 2.88. The van der Waals surface area contributed by atoms with Crippen LogP contribution < -0.4 is 10.6 Å². The molecule has 1 fully saturated rings. The molecule has 1 unspecified atom stereocenters. The predicted molar refractivity (Wildman–Crippen MR) is 63.3 cm³/mol. The molecule has 7 heteroatoms. The summed E-state index contributed by atoms with van der Waals surface area (Å²) in [5.74, 6) is -0.571. The van der Waals surface area contributed by atoms with Gasteiger partial charge in [0, 0.05) is 13.0 Å². The molecule has 3 N–H and O–H groups in total. The van der Waals surface area contributed by atoms with E-state index >= 15 is 0 Å². The fraction of sp³-hybridized carbons (Fsp3) is 0.455. The quantitative estimate of drug-likeness (QED) is 0.707. The van der Waals surface area contributed by atoms with Crippen molar-refractivity contribution in [3.05, 3.63) is 18.1 Å². The number of rotatable bonds is 4. The van der Waals surface area contributed by atoms with Crippen LogP contribution in [0.3, 0.4) is 0 Å². The molecule has 1 aromatic rings. The first-order valence-electron chi connectivity index (χ1n) is 5.59. The maximum absolute atomic E-state index is 11.2. The Hall–Kier alpha value is -2.18. The molecule has 18 heavy (non-hydrogen) atoms. The highest BCUT2D eigenvalue weighted by Gasteiger charge is 2.32. The van der Waals surface area contributed by atoms with E-state index in [0.29, 0.717) is 18.8 Å². The minimum absolute atomic E-state index is 0.0478. The third-order valence-corrected chi connectivity index (χ3v) is 2.88. The van der Waals surface area contributed by atoms with Crippen molar-refractivity contribution in [2.45, 2.75) is 25.3 Å². The van der Waals surface area contributed by atoms with Crippen molar-refractivity contribution < 1.29 is 14.7 Å². The van der Waals surface area contributed by atoms with Gasteiger partial charge in [-0.05, 0) is 13.3 Å². The molecule has 0 spiro atoms. The van der Waals surface area contributed by atoms with E-state index in [-0.39, 0.29) is 17.1 Å². The monoisotopic (exact) mass is 250 g/mol. The highest BCUT2D eigenvalue weighted by atomic mass is 16.4. The van der Waals surface area contributed by atoms with E-state index < -0.39 is 5.97 Å². The topological polar surface area (TPSA) is 104 Å². The van der Waals surface area contributed by atoms with Crippen molar-refractivity contribution in [2.75, 3.05) is 11.9 Å². The number of carboxylic acid groups (broad SMARTS) is 1. The van der Waals surface area contributed by atoms with Gasteiger partial charge in [0.2, 0.25) is 5.91 Å². The Labute approximate surface area is 104 Å². The highest BCUT2D eigenvalue weighted by Crippen LogP contribution is 2.19. The Morgan fingerprint density at radius 1 is 1.56 bits per heavy atom. The maximum Gasteiger partial charge on any atom is 0.356 e. The summed E-state index contributed by atoms with van der Waals surface area (Å²) in [5.41, 5.74) is -0.384. The standard InChI is InChI=1S/C11H14N4O3/c1-11(3-2-9(16)15-11)6-14-8-5-12-7(4-13-8)10(17)18/h4-5H,2-3,6H2,1H3,(H,13,14)(H,15,16)(H,17,18). The number of aromatic nitrogens is 2. The molecule has 0 aliphatic carbocycles. The highest BCUT2D eigenvalue weighted by molar-refractivity contribution is 5.84. The second kappa shape index (κ2) is 4.59. The Balaban J connectivity index is 1.94. The number of hydrogen-bond acceptors (Lipinski definition) is 5. The van der Waals surface area contributed by atoms with E-state index in [1.165, 1.54) is 12.4 Å². The van der Waals surface area contributed by atoms with Crippen LogP contribution in [0.2, 0.25) is 0 Å². The average molecular weight is 250 g/mol. The van der Waals surface area contributed by atoms with Crippen molar-refractivity contribution in [1.29, 1.82) is 0 Å². The molecule has 1 aromatic heterocycles. The summed E-state index contributed by atoms with van der Waals surface area (Å²) >= 11 is 0. The summed E-state index contributed by atoms with van der Waals surface area (Å²) in [4.78, 5) is 29.4. The summed E-state index contributed by atoms with van der Waals surface area (Å²) in [5, 5.41) is 14.6. The van der Waals surface area contributed by atoms with E-state index in [0.717, 1.165) is 6.42 Å². The number of anilines is 1. The molecule has 2 heterocycles. The molecule has 0 bridgehead atoms. The van der Waals surface area contributed by atoms with Crippen molar-refractivity contribution >= 4 is 17.7 Å². The lowest BCUT2D eigenvalue weighted by atomic mass is 10.0. The summed E-state index contributed by atoms with van der Waals surface area (Å²) in [7, 11) is 0. The molecule has 1 atom stereocenters. The van der Waals surface area contributed by atoms with E-state index in [4.69, 9.17) is 5.11 Å². The van der Waals surface area contributed by atoms with Crippen LogP contribution in [0, 0.1) is 0 Å². The van der Waals surface area contributed by atoms with Crippen LogP contribution in [0.1, 0.15) is 30.3 Å². The molecule has 1 saturated heterocycles. The summed E-state index contributed by atoms with van der Waals surface area (Å²) < 4.78 is 0.